The molecule has 196 valence electrons. The molecule has 8 nitrogen and oxygen atoms in total. The molecule has 3 saturated heterocycles. The summed E-state index contributed by atoms with van der Waals surface area (Å²) < 4.78 is 78.9. The first-order valence-electron chi connectivity index (χ1n) is 11.5. The first-order valence-corrected chi connectivity index (χ1v) is 12.3. The molecule has 2 aromatic rings. The van der Waals surface area contributed by atoms with Crippen LogP contribution in [0, 0.1) is 17.8 Å². The van der Waals surface area contributed by atoms with E-state index < -0.39 is 23.9 Å². The summed E-state index contributed by atoms with van der Waals surface area (Å²) in [5, 5.41) is 3.94. The van der Waals surface area contributed by atoms with Crippen LogP contribution in [0.3, 0.4) is 0 Å². The zero-order valence-corrected chi connectivity index (χ0v) is 20.0. The third kappa shape index (κ3) is 3.94. The number of carbonyl (C=O) groups is 1. The van der Waals surface area contributed by atoms with Gasteiger partial charge in [-0.05, 0) is 19.8 Å². The van der Waals surface area contributed by atoms with Crippen molar-refractivity contribution < 1.29 is 31.1 Å². The topological polar surface area (TPSA) is 70.4 Å². The Bertz CT molecular complexity index is 1180. The Morgan fingerprint density at radius 3 is 2.17 bits per heavy atom. The molecule has 36 heavy (non-hydrogen) atoms. The molecule has 0 unspecified atom stereocenters. The first-order chi connectivity index (χ1) is 16.7. The number of hydrogen-bond acceptors (Lipinski definition) is 6. The Hall–Kier alpha value is -2.42. The number of halogens is 6. The molecule has 2 amide bonds. The molecule has 4 aliphatic rings. The largest absolute Gasteiger partial charge is 0.453 e. The molecule has 6 rings (SSSR count). The Morgan fingerprint density at radius 1 is 1.00 bits per heavy atom. The van der Waals surface area contributed by atoms with Crippen molar-refractivity contribution in [2.75, 3.05) is 39.3 Å². The van der Waals surface area contributed by atoms with Gasteiger partial charge >= 0.3 is 18.4 Å². The van der Waals surface area contributed by atoms with Gasteiger partial charge < -0.3 is 9.80 Å². The van der Waals surface area contributed by atoms with Gasteiger partial charge in [-0.2, -0.15) is 26.3 Å². The Balaban J connectivity index is 0.945. The summed E-state index contributed by atoms with van der Waals surface area (Å²) in [6, 6.07) is -0.190. The van der Waals surface area contributed by atoms with Gasteiger partial charge in [0.25, 0.3) is 5.82 Å². The van der Waals surface area contributed by atoms with E-state index in [1.54, 1.807) is 16.7 Å². The SMILES string of the molecule is Cc1nc(C(F)(F)F)c(CN2CC3(C2)CN(C(=O)N2CC4(CC(n5cnc(C(F)(F)F)n5)C4)C2)C3)s1. The maximum Gasteiger partial charge on any atom is 0.453 e. The minimum absolute atomic E-state index is 0.0503. The van der Waals surface area contributed by atoms with E-state index in [9.17, 15) is 31.1 Å². The van der Waals surface area contributed by atoms with Crippen molar-refractivity contribution in [2.45, 2.75) is 44.7 Å². The van der Waals surface area contributed by atoms with Gasteiger partial charge in [0.1, 0.15) is 6.33 Å². The predicted octanol–water partition coefficient (Wildman–Crippen LogP) is 3.66. The van der Waals surface area contributed by atoms with Crippen LogP contribution >= 0.6 is 11.3 Å². The van der Waals surface area contributed by atoms with Gasteiger partial charge in [-0.3, -0.25) is 4.90 Å². The highest BCUT2D eigenvalue weighted by Crippen LogP contribution is 2.54. The number of aryl methyl sites for hydroxylation is 1. The maximum absolute atomic E-state index is 13.2. The second-order valence-electron chi connectivity index (χ2n) is 10.8. The lowest BCUT2D eigenvalue weighted by Crippen LogP contribution is -2.75. The van der Waals surface area contributed by atoms with Gasteiger partial charge in [0, 0.05) is 56.6 Å². The second-order valence-corrected chi connectivity index (χ2v) is 12.0. The van der Waals surface area contributed by atoms with Gasteiger partial charge in [-0.25, -0.2) is 19.4 Å². The molecule has 3 aliphatic heterocycles. The average molecular weight is 536 g/mol. The number of hydrogen-bond donors (Lipinski definition) is 0. The molecule has 15 heteroatoms. The van der Waals surface area contributed by atoms with E-state index in [4.69, 9.17) is 0 Å². The van der Waals surface area contributed by atoms with E-state index in [1.165, 1.54) is 4.68 Å². The molecule has 5 heterocycles. The summed E-state index contributed by atoms with van der Waals surface area (Å²) in [5.41, 5.74) is -0.920. The van der Waals surface area contributed by atoms with Crippen LogP contribution in [0.15, 0.2) is 6.33 Å². The van der Waals surface area contributed by atoms with Gasteiger partial charge in [-0.15, -0.1) is 16.4 Å². The van der Waals surface area contributed by atoms with Crippen molar-refractivity contribution in [3.8, 4) is 0 Å². The summed E-state index contributed by atoms with van der Waals surface area (Å²) >= 11 is 1.07. The fourth-order valence-corrected chi connectivity index (χ4v) is 7.18. The quantitative estimate of drug-likeness (QED) is 0.562. The summed E-state index contributed by atoms with van der Waals surface area (Å²) in [6.07, 6.45) is -6.59. The van der Waals surface area contributed by atoms with Crippen molar-refractivity contribution >= 4 is 17.4 Å². The molecule has 0 N–H and O–H groups in total. The van der Waals surface area contributed by atoms with Crippen LogP contribution in [-0.2, 0) is 18.9 Å². The number of carbonyl (C=O) groups excluding carboxylic acids is 1. The fourth-order valence-electron chi connectivity index (χ4n) is 6.18. The molecule has 0 aromatic carbocycles. The van der Waals surface area contributed by atoms with Crippen molar-refractivity contribution in [3.05, 3.63) is 27.7 Å². The normalized spacial score (nSPS) is 23.4. The third-order valence-corrected chi connectivity index (χ3v) is 8.63. The van der Waals surface area contributed by atoms with Gasteiger partial charge in [-0.1, -0.05) is 0 Å². The van der Waals surface area contributed by atoms with Crippen molar-refractivity contribution in [1.29, 1.82) is 0 Å². The van der Waals surface area contributed by atoms with E-state index in [0.29, 0.717) is 57.1 Å². The van der Waals surface area contributed by atoms with E-state index in [-0.39, 0.29) is 34.3 Å². The van der Waals surface area contributed by atoms with Crippen molar-refractivity contribution in [1.82, 2.24) is 34.4 Å². The van der Waals surface area contributed by atoms with Crippen molar-refractivity contribution in [3.63, 3.8) is 0 Å². The number of aromatic nitrogens is 4. The number of nitrogens with zero attached hydrogens (tertiary/aromatic N) is 7. The molecule has 1 aliphatic carbocycles. The lowest BCUT2D eigenvalue weighted by molar-refractivity contribution is -0.145. The molecule has 1 saturated carbocycles. The van der Waals surface area contributed by atoms with Crippen LogP contribution < -0.4 is 0 Å². The summed E-state index contributed by atoms with van der Waals surface area (Å²) in [7, 11) is 0. The monoisotopic (exact) mass is 535 g/mol. The van der Waals surface area contributed by atoms with E-state index in [2.05, 4.69) is 15.1 Å². The maximum atomic E-state index is 13.2. The zero-order valence-electron chi connectivity index (χ0n) is 19.2. The lowest BCUT2D eigenvalue weighted by Gasteiger charge is -2.63. The van der Waals surface area contributed by atoms with Gasteiger partial charge in [0.15, 0.2) is 5.69 Å². The van der Waals surface area contributed by atoms with Crippen LogP contribution in [0.2, 0.25) is 0 Å². The average Bonchev–Trinajstić information content (AvgIpc) is 3.26. The molecule has 2 aromatic heterocycles. The lowest BCUT2D eigenvalue weighted by atomic mass is 9.60. The van der Waals surface area contributed by atoms with E-state index in [0.717, 1.165) is 17.7 Å². The van der Waals surface area contributed by atoms with Crippen molar-refractivity contribution in [2.24, 2.45) is 10.8 Å². The summed E-state index contributed by atoms with van der Waals surface area (Å²) in [6.45, 7) is 5.39. The Labute approximate surface area is 205 Å². The number of amides is 2. The highest BCUT2D eigenvalue weighted by Gasteiger charge is 2.58. The summed E-state index contributed by atoms with van der Waals surface area (Å²) in [4.78, 5) is 25.5. The number of alkyl halides is 6. The highest BCUT2D eigenvalue weighted by molar-refractivity contribution is 7.11. The summed E-state index contributed by atoms with van der Waals surface area (Å²) in [5.74, 6) is -1.14. The third-order valence-electron chi connectivity index (χ3n) is 7.68. The number of thiazole rings is 1. The molecule has 2 spiro atoms. The van der Waals surface area contributed by atoms with Crippen LogP contribution in [-0.4, -0.2) is 79.7 Å². The number of urea groups is 1. The zero-order chi connectivity index (χ0) is 25.7. The van der Waals surface area contributed by atoms with E-state index in [1.807, 2.05) is 4.90 Å². The second kappa shape index (κ2) is 7.55. The van der Waals surface area contributed by atoms with Crippen LogP contribution in [0.1, 0.15) is 40.3 Å². The molecule has 0 atom stereocenters. The number of likely N-dealkylation sites (tertiary alicyclic amines) is 3. The van der Waals surface area contributed by atoms with E-state index >= 15 is 0 Å². The number of rotatable bonds is 3. The molecular weight excluding hydrogens is 512 g/mol. The van der Waals surface area contributed by atoms with Crippen LogP contribution in [0.25, 0.3) is 0 Å². The smallest absolute Gasteiger partial charge is 0.323 e. The molecule has 0 bridgehead atoms. The minimum atomic E-state index is -4.56. The Kier molecular flexibility index (Phi) is 5.03. The first kappa shape index (κ1) is 23.9. The molecule has 0 radical (unpaired) electrons. The minimum Gasteiger partial charge on any atom is -0.323 e. The highest BCUT2D eigenvalue weighted by atomic mass is 32.1. The molecule has 4 fully saturated rings. The van der Waals surface area contributed by atoms with Gasteiger partial charge in [0.2, 0.25) is 0 Å². The van der Waals surface area contributed by atoms with Crippen LogP contribution in [0.5, 0.6) is 0 Å². The van der Waals surface area contributed by atoms with Gasteiger partial charge in [0.05, 0.1) is 15.9 Å². The fraction of sp³-hybridized carbons (Fsp3) is 0.714. The Morgan fingerprint density at radius 2 is 1.61 bits per heavy atom. The molecular formula is C21H23F6N7OS. The van der Waals surface area contributed by atoms with Crippen LogP contribution in [0.4, 0.5) is 31.1 Å². The standard InChI is InChI=1S/C21H23F6N7OS/c1-12-29-15(20(22,23)24)14(36-12)4-31-5-19(6-31)9-33(10-19)17(35)32-7-18(8-32)2-13(3-18)34-11-28-16(30-34)21(25,26)27/h11,13H,2-10H2,1H3. The predicted molar refractivity (Wildman–Crippen MR) is 114 cm³/mol.